The predicted molar refractivity (Wildman–Crippen MR) is 40.7 cm³/mol. The molecule has 0 spiro atoms. The summed E-state index contributed by atoms with van der Waals surface area (Å²) in [7, 11) is 0. The third-order valence-corrected chi connectivity index (χ3v) is 1.50. The lowest BCUT2D eigenvalue weighted by Crippen LogP contribution is -2.03. The van der Waals surface area contributed by atoms with Gasteiger partial charge in [0.25, 0.3) is 0 Å². The molecule has 5 heteroatoms. The quantitative estimate of drug-likeness (QED) is 0.741. The molecule has 12 heavy (non-hydrogen) atoms. The molecule has 0 unspecified atom stereocenters. The van der Waals surface area contributed by atoms with Crippen molar-refractivity contribution in [1.82, 2.24) is 9.78 Å². The van der Waals surface area contributed by atoms with E-state index in [2.05, 4.69) is 5.10 Å². The van der Waals surface area contributed by atoms with Gasteiger partial charge >= 0.3 is 0 Å². The summed E-state index contributed by atoms with van der Waals surface area (Å²) in [6.45, 7) is 0.645. The van der Waals surface area contributed by atoms with E-state index in [1.165, 1.54) is 4.68 Å². The van der Waals surface area contributed by atoms with Gasteiger partial charge in [0.15, 0.2) is 0 Å². The molecule has 0 fully saturated rings. The SMILES string of the molecule is NCc1cnn(CCC(F)F)c1. The first-order valence-corrected chi connectivity index (χ1v) is 3.72. The van der Waals surface area contributed by atoms with Gasteiger partial charge in [-0.05, 0) is 0 Å². The van der Waals surface area contributed by atoms with Crippen molar-refractivity contribution in [3.63, 3.8) is 0 Å². The third-order valence-electron chi connectivity index (χ3n) is 1.50. The molecular formula is C7H11F2N3. The van der Waals surface area contributed by atoms with Crippen LogP contribution in [0, 0.1) is 0 Å². The number of nitrogens with zero attached hydrogens (tertiary/aromatic N) is 2. The minimum atomic E-state index is -2.27. The molecule has 1 heterocycles. The fourth-order valence-electron chi connectivity index (χ4n) is 0.864. The highest BCUT2D eigenvalue weighted by Gasteiger charge is 2.03. The molecule has 0 saturated heterocycles. The summed E-state index contributed by atoms with van der Waals surface area (Å²) in [5.74, 6) is 0. The van der Waals surface area contributed by atoms with Crippen LogP contribution >= 0.6 is 0 Å². The first-order chi connectivity index (χ1) is 5.72. The summed E-state index contributed by atoms with van der Waals surface area (Å²) < 4.78 is 25.0. The van der Waals surface area contributed by atoms with Crippen LogP contribution in [0.1, 0.15) is 12.0 Å². The second kappa shape index (κ2) is 4.15. The van der Waals surface area contributed by atoms with Crippen molar-refractivity contribution in [2.24, 2.45) is 5.73 Å². The van der Waals surface area contributed by atoms with E-state index in [0.29, 0.717) is 6.54 Å². The van der Waals surface area contributed by atoms with Crippen molar-refractivity contribution in [2.75, 3.05) is 0 Å². The van der Waals surface area contributed by atoms with Crippen molar-refractivity contribution in [2.45, 2.75) is 25.9 Å². The summed E-state index contributed by atoms with van der Waals surface area (Å²) in [6.07, 6.45) is 0.843. The van der Waals surface area contributed by atoms with Gasteiger partial charge in [0.05, 0.1) is 6.20 Å². The van der Waals surface area contributed by atoms with Gasteiger partial charge in [-0.1, -0.05) is 0 Å². The van der Waals surface area contributed by atoms with Crippen molar-refractivity contribution in [1.29, 1.82) is 0 Å². The van der Waals surface area contributed by atoms with Crippen molar-refractivity contribution < 1.29 is 8.78 Å². The Bertz CT molecular complexity index is 234. The molecule has 0 aliphatic carbocycles. The minimum Gasteiger partial charge on any atom is -0.326 e. The van der Waals surface area contributed by atoms with Crippen molar-refractivity contribution in [3.05, 3.63) is 18.0 Å². The van der Waals surface area contributed by atoms with Gasteiger partial charge in [-0.25, -0.2) is 8.78 Å². The highest BCUT2D eigenvalue weighted by molar-refractivity contribution is 5.02. The molecule has 1 rings (SSSR count). The number of hydrogen-bond acceptors (Lipinski definition) is 2. The molecule has 0 atom stereocenters. The van der Waals surface area contributed by atoms with Gasteiger partial charge < -0.3 is 5.73 Å². The number of aromatic nitrogens is 2. The van der Waals surface area contributed by atoms with Crippen LogP contribution in [0.5, 0.6) is 0 Å². The Morgan fingerprint density at radius 3 is 2.83 bits per heavy atom. The van der Waals surface area contributed by atoms with Gasteiger partial charge in [0, 0.05) is 31.3 Å². The standard InChI is InChI=1S/C7H11F2N3/c8-7(9)1-2-12-5-6(3-10)4-11-12/h4-5,7H,1-3,10H2. The van der Waals surface area contributed by atoms with E-state index < -0.39 is 6.43 Å². The van der Waals surface area contributed by atoms with Gasteiger partial charge in [-0.3, -0.25) is 4.68 Å². The third kappa shape index (κ3) is 2.58. The number of aryl methyl sites for hydroxylation is 1. The molecule has 1 aromatic rings. The smallest absolute Gasteiger partial charge is 0.240 e. The van der Waals surface area contributed by atoms with Crippen LogP contribution in [-0.2, 0) is 13.1 Å². The largest absolute Gasteiger partial charge is 0.326 e. The van der Waals surface area contributed by atoms with Crippen LogP contribution in [0.3, 0.4) is 0 Å². The molecule has 0 aromatic carbocycles. The van der Waals surface area contributed by atoms with Crippen LogP contribution in [0.15, 0.2) is 12.4 Å². The van der Waals surface area contributed by atoms with E-state index in [-0.39, 0.29) is 13.0 Å². The van der Waals surface area contributed by atoms with Gasteiger partial charge in [0.1, 0.15) is 0 Å². The minimum absolute atomic E-state index is 0.161. The summed E-state index contributed by atoms with van der Waals surface area (Å²) in [6, 6.07) is 0. The Kier molecular flexibility index (Phi) is 3.16. The van der Waals surface area contributed by atoms with E-state index in [1.807, 2.05) is 0 Å². The van der Waals surface area contributed by atoms with Crippen LogP contribution in [0.25, 0.3) is 0 Å². The first kappa shape index (κ1) is 9.12. The average Bonchev–Trinajstić information content (AvgIpc) is 2.48. The molecule has 0 aliphatic rings. The molecular weight excluding hydrogens is 164 g/mol. The van der Waals surface area contributed by atoms with Crippen LogP contribution < -0.4 is 5.73 Å². The summed E-state index contributed by atoms with van der Waals surface area (Å²) >= 11 is 0. The number of halogens is 2. The fraction of sp³-hybridized carbons (Fsp3) is 0.571. The van der Waals surface area contributed by atoms with E-state index in [0.717, 1.165) is 5.56 Å². The Morgan fingerprint density at radius 1 is 1.58 bits per heavy atom. The van der Waals surface area contributed by atoms with Gasteiger partial charge in [-0.15, -0.1) is 0 Å². The zero-order chi connectivity index (χ0) is 8.97. The number of hydrogen-bond donors (Lipinski definition) is 1. The highest BCUT2D eigenvalue weighted by Crippen LogP contribution is 2.02. The maximum Gasteiger partial charge on any atom is 0.240 e. The topological polar surface area (TPSA) is 43.8 Å². The molecule has 1 aromatic heterocycles. The Balaban J connectivity index is 2.41. The molecule has 0 aliphatic heterocycles. The Morgan fingerprint density at radius 2 is 2.33 bits per heavy atom. The van der Waals surface area contributed by atoms with Crippen molar-refractivity contribution >= 4 is 0 Å². The average molecular weight is 175 g/mol. The van der Waals surface area contributed by atoms with E-state index in [4.69, 9.17) is 5.73 Å². The lowest BCUT2D eigenvalue weighted by molar-refractivity contribution is 0.130. The summed E-state index contributed by atoms with van der Waals surface area (Å²) in [4.78, 5) is 0. The number of rotatable bonds is 4. The maximum atomic E-state index is 11.7. The first-order valence-electron chi connectivity index (χ1n) is 3.72. The summed E-state index contributed by atoms with van der Waals surface area (Å²) in [5.41, 5.74) is 6.18. The number of nitrogens with two attached hydrogens (primary N) is 1. The Labute approximate surface area is 69.2 Å². The monoisotopic (exact) mass is 175 g/mol. The molecule has 0 bridgehead atoms. The molecule has 68 valence electrons. The van der Waals surface area contributed by atoms with Gasteiger partial charge in [0.2, 0.25) is 6.43 Å². The Hall–Kier alpha value is -0.970. The molecule has 0 radical (unpaired) electrons. The van der Waals surface area contributed by atoms with Gasteiger partial charge in [-0.2, -0.15) is 5.10 Å². The zero-order valence-corrected chi connectivity index (χ0v) is 6.58. The normalized spacial score (nSPS) is 11.0. The molecule has 0 amide bonds. The predicted octanol–water partition coefficient (Wildman–Crippen LogP) is 0.997. The summed E-state index contributed by atoms with van der Waals surface area (Å²) in [5, 5.41) is 3.86. The molecule has 3 nitrogen and oxygen atoms in total. The van der Waals surface area contributed by atoms with E-state index in [1.54, 1.807) is 12.4 Å². The van der Waals surface area contributed by atoms with Crippen LogP contribution in [0.4, 0.5) is 8.78 Å². The second-order valence-corrected chi connectivity index (χ2v) is 2.50. The zero-order valence-electron chi connectivity index (χ0n) is 6.58. The van der Waals surface area contributed by atoms with Crippen LogP contribution in [0.2, 0.25) is 0 Å². The maximum absolute atomic E-state index is 11.7. The molecule has 0 saturated carbocycles. The lowest BCUT2D eigenvalue weighted by atomic mass is 10.4. The fourth-order valence-corrected chi connectivity index (χ4v) is 0.864. The second-order valence-electron chi connectivity index (χ2n) is 2.50. The van der Waals surface area contributed by atoms with E-state index >= 15 is 0 Å². The lowest BCUT2D eigenvalue weighted by Gasteiger charge is -1.98. The highest BCUT2D eigenvalue weighted by atomic mass is 19.3. The number of alkyl halides is 2. The van der Waals surface area contributed by atoms with Crippen molar-refractivity contribution in [3.8, 4) is 0 Å². The van der Waals surface area contributed by atoms with E-state index in [9.17, 15) is 8.78 Å². The molecule has 2 N–H and O–H groups in total. The van der Waals surface area contributed by atoms with Crippen LogP contribution in [-0.4, -0.2) is 16.2 Å².